The Hall–Kier alpha value is -0.910. The standard InChI is InChI=1S/C7H12N2O3S/c1-4(10)12-6-3-13-2-5(6)9-7(8)11/h5-6H,2-3H2,1H3,(H3,8,9,11)/t5-,6-/m0/s1. The van der Waals surface area contributed by atoms with E-state index in [0.29, 0.717) is 5.75 Å². The summed E-state index contributed by atoms with van der Waals surface area (Å²) < 4.78 is 4.99. The smallest absolute Gasteiger partial charge is 0.312 e. The summed E-state index contributed by atoms with van der Waals surface area (Å²) in [5.41, 5.74) is 4.97. The van der Waals surface area contributed by atoms with Crippen molar-refractivity contribution >= 4 is 23.8 Å². The molecule has 0 aromatic carbocycles. The lowest BCUT2D eigenvalue weighted by Crippen LogP contribution is -2.46. The van der Waals surface area contributed by atoms with Gasteiger partial charge in [-0.3, -0.25) is 4.79 Å². The van der Waals surface area contributed by atoms with Gasteiger partial charge in [-0.15, -0.1) is 0 Å². The molecule has 13 heavy (non-hydrogen) atoms. The van der Waals surface area contributed by atoms with Crippen molar-refractivity contribution in [2.45, 2.75) is 19.1 Å². The van der Waals surface area contributed by atoms with Crippen molar-refractivity contribution in [3.8, 4) is 0 Å². The summed E-state index contributed by atoms with van der Waals surface area (Å²) in [5, 5.41) is 2.54. The number of rotatable bonds is 2. The van der Waals surface area contributed by atoms with Gasteiger partial charge in [-0.2, -0.15) is 11.8 Å². The first-order chi connectivity index (χ1) is 6.09. The van der Waals surface area contributed by atoms with Gasteiger partial charge in [0.2, 0.25) is 0 Å². The summed E-state index contributed by atoms with van der Waals surface area (Å²) in [6, 6.07) is -0.726. The first-order valence-corrected chi connectivity index (χ1v) is 5.06. The molecule has 2 atom stereocenters. The molecule has 6 heteroatoms. The molecule has 1 aliphatic heterocycles. The zero-order chi connectivity index (χ0) is 9.84. The van der Waals surface area contributed by atoms with E-state index in [2.05, 4.69) is 5.32 Å². The molecule has 0 unspecified atom stereocenters. The zero-order valence-corrected chi connectivity index (χ0v) is 8.10. The van der Waals surface area contributed by atoms with Crippen molar-refractivity contribution in [2.24, 2.45) is 5.73 Å². The van der Waals surface area contributed by atoms with Gasteiger partial charge in [0.1, 0.15) is 6.10 Å². The molecule has 5 nitrogen and oxygen atoms in total. The van der Waals surface area contributed by atoms with Crippen LogP contribution in [0.25, 0.3) is 0 Å². The van der Waals surface area contributed by atoms with E-state index in [-0.39, 0.29) is 18.1 Å². The van der Waals surface area contributed by atoms with Crippen LogP contribution in [0.15, 0.2) is 0 Å². The highest BCUT2D eigenvalue weighted by Crippen LogP contribution is 2.20. The molecule has 0 bridgehead atoms. The third kappa shape index (κ3) is 3.14. The summed E-state index contributed by atoms with van der Waals surface area (Å²) in [6.45, 7) is 1.35. The van der Waals surface area contributed by atoms with Gasteiger partial charge in [0.25, 0.3) is 0 Å². The summed E-state index contributed by atoms with van der Waals surface area (Å²) in [6.07, 6.45) is -0.241. The number of nitrogens with two attached hydrogens (primary N) is 1. The zero-order valence-electron chi connectivity index (χ0n) is 7.28. The number of nitrogens with one attached hydrogen (secondary N) is 1. The molecule has 0 aliphatic carbocycles. The van der Waals surface area contributed by atoms with Gasteiger partial charge in [-0.05, 0) is 0 Å². The van der Waals surface area contributed by atoms with Gasteiger partial charge < -0.3 is 15.8 Å². The fourth-order valence-electron chi connectivity index (χ4n) is 1.18. The molecule has 1 heterocycles. The Morgan fingerprint density at radius 3 is 2.77 bits per heavy atom. The fourth-order valence-corrected chi connectivity index (χ4v) is 2.40. The topological polar surface area (TPSA) is 81.4 Å². The summed E-state index contributed by atoms with van der Waals surface area (Å²) in [5.74, 6) is 1.12. The van der Waals surface area contributed by atoms with Crippen LogP contribution < -0.4 is 11.1 Å². The maximum atomic E-state index is 10.7. The summed E-state index contributed by atoms with van der Waals surface area (Å²) >= 11 is 1.63. The number of hydrogen-bond donors (Lipinski definition) is 2. The Labute approximate surface area is 80.4 Å². The molecular weight excluding hydrogens is 192 g/mol. The van der Waals surface area contributed by atoms with Crippen LogP contribution in [0.2, 0.25) is 0 Å². The van der Waals surface area contributed by atoms with Gasteiger partial charge in [-0.1, -0.05) is 0 Å². The number of hydrogen-bond acceptors (Lipinski definition) is 4. The van der Waals surface area contributed by atoms with E-state index >= 15 is 0 Å². The van der Waals surface area contributed by atoms with Crippen LogP contribution >= 0.6 is 11.8 Å². The highest BCUT2D eigenvalue weighted by atomic mass is 32.2. The minimum absolute atomic E-state index is 0.147. The van der Waals surface area contributed by atoms with Crippen molar-refractivity contribution in [1.82, 2.24) is 5.32 Å². The molecule has 1 fully saturated rings. The second kappa shape index (κ2) is 4.36. The van der Waals surface area contributed by atoms with Gasteiger partial charge in [0.15, 0.2) is 0 Å². The van der Waals surface area contributed by atoms with E-state index in [4.69, 9.17) is 10.5 Å². The number of carbonyl (C=O) groups is 2. The molecule has 1 saturated heterocycles. The third-order valence-corrected chi connectivity index (χ3v) is 2.83. The molecule has 3 N–H and O–H groups in total. The number of primary amides is 1. The van der Waals surface area contributed by atoms with Gasteiger partial charge in [-0.25, -0.2) is 4.79 Å². The fraction of sp³-hybridized carbons (Fsp3) is 0.714. The van der Waals surface area contributed by atoms with Crippen LogP contribution in [0.5, 0.6) is 0 Å². The van der Waals surface area contributed by atoms with Crippen molar-refractivity contribution in [2.75, 3.05) is 11.5 Å². The molecule has 0 radical (unpaired) electrons. The molecule has 0 aromatic rings. The minimum atomic E-state index is -0.579. The first kappa shape index (κ1) is 10.2. The summed E-state index contributed by atoms with van der Waals surface area (Å²) in [4.78, 5) is 21.2. The lowest BCUT2D eigenvalue weighted by Gasteiger charge is -2.18. The van der Waals surface area contributed by atoms with E-state index < -0.39 is 6.03 Å². The highest BCUT2D eigenvalue weighted by Gasteiger charge is 2.30. The van der Waals surface area contributed by atoms with E-state index in [1.807, 2.05) is 0 Å². The number of thioether (sulfide) groups is 1. The molecular formula is C7H12N2O3S. The molecule has 1 aliphatic rings. The monoisotopic (exact) mass is 204 g/mol. The van der Waals surface area contributed by atoms with Crippen molar-refractivity contribution < 1.29 is 14.3 Å². The largest absolute Gasteiger partial charge is 0.459 e. The quantitative estimate of drug-likeness (QED) is 0.605. The van der Waals surface area contributed by atoms with Crippen molar-refractivity contribution in [3.63, 3.8) is 0 Å². The molecule has 1 rings (SSSR count). The summed E-state index contributed by atoms with van der Waals surface area (Å²) in [7, 11) is 0. The molecule has 0 aromatic heterocycles. The second-order valence-corrected chi connectivity index (χ2v) is 3.88. The Bertz CT molecular complexity index is 200. The highest BCUT2D eigenvalue weighted by molar-refractivity contribution is 7.99. The van der Waals surface area contributed by atoms with E-state index in [9.17, 15) is 9.59 Å². The van der Waals surface area contributed by atoms with Crippen LogP contribution in [0, 0.1) is 0 Å². The molecule has 0 spiro atoms. The van der Waals surface area contributed by atoms with Gasteiger partial charge in [0.05, 0.1) is 6.04 Å². The Kier molecular flexibility index (Phi) is 3.41. The van der Waals surface area contributed by atoms with Gasteiger partial charge >= 0.3 is 12.0 Å². The average Bonchev–Trinajstić information content (AvgIpc) is 2.34. The van der Waals surface area contributed by atoms with Crippen molar-refractivity contribution in [3.05, 3.63) is 0 Å². The second-order valence-electron chi connectivity index (χ2n) is 2.80. The first-order valence-electron chi connectivity index (χ1n) is 3.90. The SMILES string of the molecule is CC(=O)O[C@H]1CSC[C@@H]1NC(N)=O. The van der Waals surface area contributed by atoms with Crippen LogP contribution in [0.3, 0.4) is 0 Å². The predicted molar refractivity (Wildman–Crippen MR) is 49.4 cm³/mol. The lowest BCUT2D eigenvalue weighted by molar-refractivity contribution is -0.145. The van der Waals surface area contributed by atoms with Crippen LogP contribution in [-0.4, -0.2) is 35.7 Å². The van der Waals surface area contributed by atoms with E-state index in [1.54, 1.807) is 11.8 Å². The number of ether oxygens (including phenoxy) is 1. The molecule has 74 valence electrons. The Morgan fingerprint density at radius 2 is 2.23 bits per heavy atom. The van der Waals surface area contributed by atoms with Crippen LogP contribution in [0.4, 0.5) is 4.79 Å². The number of esters is 1. The normalized spacial score (nSPS) is 26.8. The Balaban J connectivity index is 2.43. The number of urea groups is 1. The van der Waals surface area contributed by atoms with Crippen molar-refractivity contribution in [1.29, 1.82) is 0 Å². The van der Waals surface area contributed by atoms with E-state index in [0.717, 1.165) is 5.75 Å². The average molecular weight is 204 g/mol. The minimum Gasteiger partial charge on any atom is -0.459 e. The molecule has 0 saturated carbocycles. The third-order valence-electron chi connectivity index (χ3n) is 1.67. The van der Waals surface area contributed by atoms with Gasteiger partial charge in [0, 0.05) is 18.4 Å². The van der Waals surface area contributed by atoms with Crippen LogP contribution in [0.1, 0.15) is 6.92 Å². The number of amides is 2. The maximum absolute atomic E-state index is 10.7. The maximum Gasteiger partial charge on any atom is 0.312 e. The Morgan fingerprint density at radius 1 is 1.54 bits per heavy atom. The number of carbonyl (C=O) groups excluding carboxylic acids is 2. The van der Waals surface area contributed by atoms with E-state index in [1.165, 1.54) is 6.92 Å². The van der Waals surface area contributed by atoms with Crippen LogP contribution in [-0.2, 0) is 9.53 Å². The predicted octanol–water partition coefficient (Wildman–Crippen LogP) is -0.298. The molecule has 2 amide bonds. The lowest BCUT2D eigenvalue weighted by atomic mass is 10.2.